The van der Waals surface area contributed by atoms with E-state index in [1.807, 2.05) is 12.1 Å². The number of aromatic nitrogens is 4. The van der Waals surface area contributed by atoms with Gasteiger partial charge in [-0.1, -0.05) is 182 Å². The first-order chi connectivity index (χ1) is 33.7. The van der Waals surface area contributed by atoms with Crippen molar-refractivity contribution in [1.29, 1.82) is 0 Å². The maximum absolute atomic E-state index is 6.62. The maximum Gasteiger partial charge on any atom is 0.164 e. The summed E-state index contributed by atoms with van der Waals surface area (Å²) in [4.78, 5) is 15.4. The van der Waals surface area contributed by atoms with Gasteiger partial charge in [-0.25, -0.2) is 15.0 Å². The Balaban J connectivity index is 0.912. The second-order valence-electron chi connectivity index (χ2n) is 17.2. The summed E-state index contributed by atoms with van der Waals surface area (Å²) in [6.45, 7) is 0. The fourth-order valence-electron chi connectivity index (χ4n) is 9.66. The Bertz CT molecular complexity index is 3910. The molecule has 0 bridgehead atoms. The molecule has 0 amide bonds. The molecule has 13 aromatic rings. The van der Waals surface area contributed by atoms with Crippen LogP contribution in [0.3, 0.4) is 0 Å². The quantitative estimate of drug-likeness (QED) is 0.153. The molecule has 0 fully saturated rings. The Hall–Kier alpha value is -9.19. The molecule has 0 N–H and O–H groups in total. The molecule has 68 heavy (non-hydrogen) atoms. The van der Waals surface area contributed by atoms with Crippen molar-refractivity contribution < 1.29 is 4.42 Å². The Morgan fingerprint density at radius 2 is 0.632 bits per heavy atom. The number of para-hydroxylation sites is 1. The summed E-state index contributed by atoms with van der Waals surface area (Å²) < 4.78 is 9.02. The number of benzene rings is 10. The van der Waals surface area contributed by atoms with Crippen LogP contribution < -0.4 is 0 Å². The molecular weight excluding hydrogens is 829 g/mol. The van der Waals surface area contributed by atoms with Crippen molar-refractivity contribution in [3.05, 3.63) is 243 Å². The molecule has 5 heteroatoms. The SMILES string of the molecule is c1ccc(-c2cccc(-c3nc(-c4cccc(-c5ccccc5)c4)nc(-c4ccc5c(c4)oc4ccc(-c6ccc7c8ccc(-c9ccccc9)cc8n(-c8ccccc8)c7c6)cc45)n3)c2)cc1. The molecule has 0 saturated carbocycles. The summed E-state index contributed by atoms with van der Waals surface area (Å²) >= 11 is 0. The molecule has 0 spiro atoms. The fourth-order valence-corrected chi connectivity index (χ4v) is 9.66. The van der Waals surface area contributed by atoms with Gasteiger partial charge in [-0.3, -0.25) is 0 Å². The Kier molecular flexibility index (Phi) is 9.43. The second kappa shape index (κ2) is 16.4. The Morgan fingerprint density at radius 1 is 0.250 bits per heavy atom. The highest BCUT2D eigenvalue weighted by molar-refractivity contribution is 6.12. The van der Waals surface area contributed by atoms with Crippen LogP contribution in [-0.4, -0.2) is 19.5 Å². The number of fused-ring (bicyclic) bond motifs is 6. The molecule has 318 valence electrons. The minimum atomic E-state index is 0.571. The van der Waals surface area contributed by atoms with E-state index in [0.717, 1.165) is 83.2 Å². The normalized spacial score (nSPS) is 11.5. The summed E-state index contributed by atoms with van der Waals surface area (Å²) in [5.74, 6) is 1.77. The lowest BCUT2D eigenvalue weighted by Crippen LogP contribution is -2.00. The minimum absolute atomic E-state index is 0.571. The van der Waals surface area contributed by atoms with Gasteiger partial charge in [-0.05, 0) is 105 Å². The molecule has 0 aliphatic carbocycles. The van der Waals surface area contributed by atoms with E-state index in [0.29, 0.717) is 17.5 Å². The zero-order chi connectivity index (χ0) is 45.0. The molecule has 0 aliphatic heterocycles. The fraction of sp³-hybridized carbons (Fsp3) is 0. The minimum Gasteiger partial charge on any atom is -0.456 e. The molecule has 0 saturated heterocycles. The summed E-state index contributed by atoms with van der Waals surface area (Å²) in [6, 6.07) is 85.3. The third kappa shape index (κ3) is 7.02. The van der Waals surface area contributed by atoms with Gasteiger partial charge in [-0.2, -0.15) is 0 Å². The molecule has 3 aromatic heterocycles. The molecule has 0 unspecified atom stereocenters. The van der Waals surface area contributed by atoms with E-state index in [2.05, 4.69) is 235 Å². The molecular formula is C63H40N4O. The Morgan fingerprint density at radius 3 is 1.16 bits per heavy atom. The van der Waals surface area contributed by atoms with Crippen LogP contribution >= 0.6 is 0 Å². The van der Waals surface area contributed by atoms with Gasteiger partial charge in [0.2, 0.25) is 0 Å². The highest BCUT2D eigenvalue weighted by atomic mass is 16.3. The van der Waals surface area contributed by atoms with Gasteiger partial charge in [-0.15, -0.1) is 0 Å². The maximum atomic E-state index is 6.62. The van der Waals surface area contributed by atoms with Crippen LogP contribution in [0, 0.1) is 0 Å². The lowest BCUT2D eigenvalue weighted by atomic mass is 10.00. The van der Waals surface area contributed by atoms with E-state index >= 15 is 0 Å². The van der Waals surface area contributed by atoms with Gasteiger partial charge in [0.15, 0.2) is 17.5 Å². The summed E-state index contributed by atoms with van der Waals surface area (Å²) in [5.41, 5.74) is 16.8. The lowest BCUT2D eigenvalue weighted by Gasteiger charge is -2.11. The van der Waals surface area contributed by atoms with Crippen LogP contribution in [0.5, 0.6) is 0 Å². The summed E-state index contributed by atoms with van der Waals surface area (Å²) in [5, 5.41) is 4.51. The van der Waals surface area contributed by atoms with Gasteiger partial charge in [0.1, 0.15) is 11.2 Å². The number of rotatable bonds is 8. The monoisotopic (exact) mass is 868 g/mol. The number of hydrogen-bond donors (Lipinski definition) is 0. The third-order valence-corrected chi connectivity index (χ3v) is 13.0. The van der Waals surface area contributed by atoms with Crippen molar-refractivity contribution in [2.45, 2.75) is 0 Å². The second-order valence-corrected chi connectivity index (χ2v) is 17.2. The average molecular weight is 869 g/mol. The van der Waals surface area contributed by atoms with Gasteiger partial charge in [0, 0.05) is 43.9 Å². The van der Waals surface area contributed by atoms with Gasteiger partial charge >= 0.3 is 0 Å². The van der Waals surface area contributed by atoms with Crippen molar-refractivity contribution in [2.75, 3.05) is 0 Å². The average Bonchev–Trinajstić information content (AvgIpc) is 3.96. The highest BCUT2D eigenvalue weighted by Gasteiger charge is 2.18. The zero-order valence-corrected chi connectivity index (χ0v) is 36.8. The van der Waals surface area contributed by atoms with Crippen LogP contribution in [0.25, 0.3) is 128 Å². The zero-order valence-electron chi connectivity index (χ0n) is 36.8. The first-order valence-electron chi connectivity index (χ1n) is 22.9. The van der Waals surface area contributed by atoms with Crippen LogP contribution in [0.1, 0.15) is 0 Å². The Labute approximate surface area is 392 Å². The largest absolute Gasteiger partial charge is 0.456 e. The summed E-state index contributed by atoms with van der Waals surface area (Å²) in [6.07, 6.45) is 0. The van der Waals surface area contributed by atoms with Crippen molar-refractivity contribution in [3.63, 3.8) is 0 Å². The standard InChI is InChI=1S/C63H40N4O/c1-5-15-41(16-6-1)44-21-13-23-49(35-44)61-64-62(50-24-14-22-45(36-50)42-17-7-2-8-18-42)66-63(65-61)51-29-33-55-56-37-46(30-34-59(56)68-60(55)40-51)48-28-32-54-53-31-27-47(43-19-9-3-10-20-43)38-57(53)67(58(54)39-48)52-25-11-4-12-26-52/h1-40H. The van der Waals surface area contributed by atoms with E-state index < -0.39 is 0 Å². The molecule has 0 atom stereocenters. The van der Waals surface area contributed by atoms with Crippen molar-refractivity contribution >= 4 is 43.7 Å². The number of nitrogens with zero attached hydrogens (tertiary/aromatic N) is 4. The molecule has 13 rings (SSSR count). The predicted molar refractivity (Wildman–Crippen MR) is 279 cm³/mol. The smallest absolute Gasteiger partial charge is 0.164 e. The van der Waals surface area contributed by atoms with Gasteiger partial charge < -0.3 is 8.98 Å². The van der Waals surface area contributed by atoms with Gasteiger partial charge in [0.25, 0.3) is 0 Å². The van der Waals surface area contributed by atoms with E-state index in [1.54, 1.807) is 0 Å². The lowest BCUT2D eigenvalue weighted by molar-refractivity contribution is 0.669. The van der Waals surface area contributed by atoms with Gasteiger partial charge in [0.05, 0.1) is 11.0 Å². The van der Waals surface area contributed by atoms with Crippen LogP contribution in [0.15, 0.2) is 247 Å². The predicted octanol–water partition coefficient (Wildman–Crippen LogP) is 16.5. The third-order valence-electron chi connectivity index (χ3n) is 13.0. The van der Waals surface area contributed by atoms with Crippen LogP contribution in [0.4, 0.5) is 0 Å². The summed E-state index contributed by atoms with van der Waals surface area (Å²) in [7, 11) is 0. The first kappa shape index (κ1) is 39.2. The molecule has 0 aliphatic rings. The van der Waals surface area contributed by atoms with E-state index in [1.165, 1.54) is 27.4 Å². The van der Waals surface area contributed by atoms with Crippen LogP contribution in [0.2, 0.25) is 0 Å². The first-order valence-corrected chi connectivity index (χ1v) is 22.9. The molecule has 5 nitrogen and oxygen atoms in total. The molecule has 0 radical (unpaired) electrons. The molecule has 3 heterocycles. The molecule has 10 aromatic carbocycles. The van der Waals surface area contributed by atoms with Crippen molar-refractivity contribution in [1.82, 2.24) is 19.5 Å². The van der Waals surface area contributed by atoms with E-state index in [9.17, 15) is 0 Å². The number of furan rings is 1. The van der Waals surface area contributed by atoms with Crippen molar-refractivity contribution in [3.8, 4) is 84.4 Å². The number of hydrogen-bond acceptors (Lipinski definition) is 4. The van der Waals surface area contributed by atoms with E-state index in [4.69, 9.17) is 19.4 Å². The van der Waals surface area contributed by atoms with Crippen LogP contribution in [-0.2, 0) is 0 Å². The van der Waals surface area contributed by atoms with E-state index in [-0.39, 0.29) is 0 Å². The highest BCUT2D eigenvalue weighted by Crippen LogP contribution is 2.40. The topological polar surface area (TPSA) is 56.7 Å². The van der Waals surface area contributed by atoms with Crippen molar-refractivity contribution in [2.24, 2.45) is 0 Å².